The number of hydrogen-bond acceptors (Lipinski definition) is 3. The molecule has 0 aliphatic carbocycles. The zero-order chi connectivity index (χ0) is 13.5. The van der Waals surface area contributed by atoms with Crippen molar-refractivity contribution in [2.45, 2.75) is 0 Å². The normalized spacial score (nSPS) is 9.74. The summed E-state index contributed by atoms with van der Waals surface area (Å²) in [4.78, 5) is 11.7. The fourth-order valence-electron chi connectivity index (χ4n) is 1.55. The largest absolute Gasteiger partial charge is 0.497 e. The Morgan fingerprint density at radius 3 is 2.26 bits per heavy atom. The SMILES string of the molecule is COc1ccc(OCNC(=O)c2ccccc2)cc1. The highest BCUT2D eigenvalue weighted by Crippen LogP contribution is 2.16. The molecule has 0 fully saturated rings. The molecule has 19 heavy (non-hydrogen) atoms. The maximum Gasteiger partial charge on any atom is 0.253 e. The van der Waals surface area contributed by atoms with E-state index in [1.807, 2.05) is 18.2 Å². The molecule has 1 amide bonds. The van der Waals surface area contributed by atoms with E-state index in [0.717, 1.165) is 5.75 Å². The van der Waals surface area contributed by atoms with Crippen molar-refractivity contribution in [2.24, 2.45) is 0 Å². The van der Waals surface area contributed by atoms with Crippen LogP contribution in [-0.2, 0) is 0 Å². The van der Waals surface area contributed by atoms with E-state index in [1.165, 1.54) is 0 Å². The molecule has 2 rings (SSSR count). The molecule has 0 saturated heterocycles. The molecule has 0 radical (unpaired) electrons. The minimum atomic E-state index is -0.158. The number of carbonyl (C=O) groups excluding carboxylic acids is 1. The van der Waals surface area contributed by atoms with Gasteiger partial charge >= 0.3 is 0 Å². The van der Waals surface area contributed by atoms with Crippen LogP contribution in [0.2, 0.25) is 0 Å². The quantitative estimate of drug-likeness (QED) is 0.837. The lowest BCUT2D eigenvalue weighted by Crippen LogP contribution is -2.27. The van der Waals surface area contributed by atoms with Gasteiger partial charge in [-0.3, -0.25) is 4.79 Å². The summed E-state index contributed by atoms with van der Waals surface area (Å²) in [5, 5.41) is 2.68. The van der Waals surface area contributed by atoms with Crippen LogP contribution in [-0.4, -0.2) is 19.7 Å². The minimum Gasteiger partial charge on any atom is -0.497 e. The van der Waals surface area contributed by atoms with Crippen LogP contribution in [0.4, 0.5) is 0 Å². The lowest BCUT2D eigenvalue weighted by atomic mass is 10.2. The van der Waals surface area contributed by atoms with Crippen LogP contribution in [0.25, 0.3) is 0 Å². The Hall–Kier alpha value is -2.49. The molecule has 98 valence electrons. The summed E-state index contributed by atoms with van der Waals surface area (Å²) in [6.07, 6.45) is 0. The molecule has 0 aromatic heterocycles. The first kappa shape index (κ1) is 13.0. The summed E-state index contributed by atoms with van der Waals surface area (Å²) in [5.74, 6) is 1.28. The van der Waals surface area contributed by atoms with Crippen LogP contribution in [0.15, 0.2) is 54.6 Å². The van der Waals surface area contributed by atoms with Crippen molar-refractivity contribution in [3.63, 3.8) is 0 Å². The zero-order valence-corrected chi connectivity index (χ0v) is 10.6. The van der Waals surface area contributed by atoms with E-state index in [2.05, 4.69) is 5.32 Å². The third-order valence-corrected chi connectivity index (χ3v) is 2.57. The molecule has 0 unspecified atom stereocenters. The van der Waals surface area contributed by atoms with Crippen molar-refractivity contribution in [3.05, 3.63) is 60.2 Å². The average Bonchev–Trinajstić information content (AvgIpc) is 2.49. The van der Waals surface area contributed by atoms with Crippen LogP contribution in [0.1, 0.15) is 10.4 Å². The summed E-state index contributed by atoms with van der Waals surface area (Å²) >= 11 is 0. The second kappa shape index (κ2) is 6.44. The van der Waals surface area contributed by atoms with Crippen molar-refractivity contribution in [3.8, 4) is 11.5 Å². The van der Waals surface area contributed by atoms with Crippen molar-refractivity contribution < 1.29 is 14.3 Å². The van der Waals surface area contributed by atoms with Crippen LogP contribution in [0, 0.1) is 0 Å². The van der Waals surface area contributed by atoms with E-state index < -0.39 is 0 Å². The summed E-state index contributed by atoms with van der Waals surface area (Å²) in [7, 11) is 1.61. The van der Waals surface area contributed by atoms with E-state index in [0.29, 0.717) is 11.3 Å². The Kier molecular flexibility index (Phi) is 4.39. The molecule has 0 aliphatic heterocycles. The fraction of sp³-hybridized carbons (Fsp3) is 0.133. The highest BCUT2D eigenvalue weighted by molar-refractivity contribution is 5.93. The Morgan fingerprint density at radius 1 is 1.00 bits per heavy atom. The molecule has 1 N–H and O–H groups in total. The van der Waals surface area contributed by atoms with Gasteiger partial charge in [0.05, 0.1) is 7.11 Å². The summed E-state index contributed by atoms with van der Waals surface area (Å²) in [6, 6.07) is 16.2. The molecule has 0 bridgehead atoms. The van der Waals surface area contributed by atoms with Gasteiger partial charge in [-0.1, -0.05) is 18.2 Å². The van der Waals surface area contributed by atoms with Crippen molar-refractivity contribution in [1.29, 1.82) is 0 Å². The molecule has 2 aromatic rings. The smallest absolute Gasteiger partial charge is 0.253 e. The first-order valence-corrected chi connectivity index (χ1v) is 5.89. The Labute approximate surface area is 112 Å². The minimum absolute atomic E-state index is 0.125. The number of benzene rings is 2. The van der Waals surface area contributed by atoms with E-state index >= 15 is 0 Å². The molecular formula is C15H15NO3. The van der Waals surface area contributed by atoms with Crippen LogP contribution < -0.4 is 14.8 Å². The molecule has 0 heterocycles. The third kappa shape index (κ3) is 3.74. The summed E-state index contributed by atoms with van der Waals surface area (Å²) in [5.41, 5.74) is 0.612. The molecule has 0 saturated carbocycles. The maximum atomic E-state index is 11.7. The Morgan fingerprint density at radius 2 is 1.63 bits per heavy atom. The zero-order valence-electron chi connectivity index (χ0n) is 10.6. The van der Waals surface area contributed by atoms with Crippen molar-refractivity contribution in [2.75, 3.05) is 13.8 Å². The molecule has 0 aliphatic rings. The number of hydrogen-bond donors (Lipinski definition) is 1. The van der Waals surface area contributed by atoms with Gasteiger partial charge in [-0.2, -0.15) is 0 Å². The summed E-state index contributed by atoms with van der Waals surface area (Å²) < 4.78 is 10.5. The second-order valence-electron chi connectivity index (χ2n) is 3.84. The number of methoxy groups -OCH3 is 1. The van der Waals surface area contributed by atoms with E-state index in [-0.39, 0.29) is 12.6 Å². The molecule has 2 aromatic carbocycles. The van der Waals surface area contributed by atoms with E-state index in [4.69, 9.17) is 9.47 Å². The molecule has 4 heteroatoms. The lowest BCUT2D eigenvalue weighted by Gasteiger charge is -2.08. The van der Waals surface area contributed by atoms with Gasteiger partial charge in [0.25, 0.3) is 5.91 Å². The topological polar surface area (TPSA) is 47.6 Å². The fourth-order valence-corrected chi connectivity index (χ4v) is 1.55. The third-order valence-electron chi connectivity index (χ3n) is 2.57. The van der Waals surface area contributed by atoms with Crippen LogP contribution in [0.3, 0.4) is 0 Å². The predicted molar refractivity (Wildman–Crippen MR) is 72.4 cm³/mol. The van der Waals surface area contributed by atoms with Gasteiger partial charge in [0.15, 0.2) is 6.73 Å². The van der Waals surface area contributed by atoms with E-state index in [9.17, 15) is 4.79 Å². The number of rotatable bonds is 5. The number of nitrogens with one attached hydrogen (secondary N) is 1. The monoisotopic (exact) mass is 257 g/mol. The van der Waals surface area contributed by atoms with Gasteiger partial charge in [-0.25, -0.2) is 0 Å². The number of amides is 1. The van der Waals surface area contributed by atoms with Crippen LogP contribution in [0.5, 0.6) is 11.5 Å². The molecule has 4 nitrogen and oxygen atoms in total. The predicted octanol–water partition coefficient (Wildman–Crippen LogP) is 2.46. The Balaban J connectivity index is 1.81. The van der Waals surface area contributed by atoms with Crippen molar-refractivity contribution >= 4 is 5.91 Å². The highest BCUT2D eigenvalue weighted by Gasteiger charge is 2.03. The maximum absolute atomic E-state index is 11.7. The Bertz CT molecular complexity index is 523. The molecule has 0 atom stereocenters. The second-order valence-corrected chi connectivity index (χ2v) is 3.84. The van der Waals surface area contributed by atoms with Crippen LogP contribution >= 0.6 is 0 Å². The number of carbonyl (C=O) groups is 1. The summed E-state index contributed by atoms with van der Waals surface area (Å²) in [6.45, 7) is 0.125. The highest BCUT2D eigenvalue weighted by atomic mass is 16.5. The lowest BCUT2D eigenvalue weighted by molar-refractivity contribution is 0.0919. The van der Waals surface area contributed by atoms with Gasteiger partial charge in [0.2, 0.25) is 0 Å². The first-order chi connectivity index (χ1) is 9.29. The van der Waals surface area contributed by atoms with Gasteiger partial charge < -0.3 is 14.8 Å². The average molecular weight is 257 g/mol. The van der Waals surface area contributed by atoms with Crippen molar-refractivity contribution in [1.82, 2.24) is 5.32 Å². The van der Waals surface area contributed by atoms with Gasteiger partial charge in [0.1, 0.15) is 11.5 Å². The van der Waals surface area contributed by atoms with E-state index in [1.54, 1.807) is 43.5 Å². The molecule has 0 spiro atoms. The standard InChI is InChI=1S/C15H15NO3/c1-18-13-7-9-14(10-8-13)19-11-16-15(17)12-5-3-2-4-6-12/h2-10H,11H2,1H3,(H,16,17). The van der Waals surface area contributed by atoms with Gasteiger partial charge in [-0.15, -0.1) is 0 Å². The molecular weight excluding hydrogens is 242 g/mol. The van der Waals surface area contributed by atoms with Gasteiger partial charge in [-0.05, 0) is 36.4 Å². The first-order valence-electron chi connectivity index (χ1n) is 5.89. The van der Waals surface area contributed by atoms with Gasteiger partial charge in [0, 0.05) is 5.56 Å². The number of ether oxygens (including phenoxy) is 2.